The second-order valence-electron chi connectivity index (χ2n) is 9.90. The molecule has 2 heterocycles. The molecule has 5 rings (SSSR count). The molecule has 0 aliphatic heterocycles. The molecular formula is C32H36N4O2S. The third kappa shape index (κ3) is 6.14. The van der Waals surface area contributed by atoms with E-state index in [1.165, 1.54) is 11.3 Å². The van der Waals surface area contributed by atoms with E-state index in [0.717, 1.165) is 76.2 Å². The third-order valence-corrected chi connectivity index (χ3v) is 7.85. The van der Waals surface area contributed by atoms with Crippen molar-refractivity contribution in [3.8, 4) is 34.0 Å². The number of nitrogens with one attached hydrogen (secondary N) is 1. The fourth-order valence-corrected chi connectivity index (χ4v) is 5.70. The summed E-state index contributed by atoms with van der Waals surface area (Å²) in [6.45, 7) is 5.44. The second-order valence-corrected chi connectivity index (χ2v) is 11.0. The SMILES string of the molecule is COc1ccc(-c2nc(SCCCCCn3c(C(C)C)nc4ccccc43)[nH]c2-c2ccc(OC)cc2)cc1. The van der Waals surface area contributed by atoms with Crippen LogP contribution in [0.3, 0.4) is 0 Å². The number of imidazole rings is 2. The van der Waals surface area contributed by atoms with Crippen LogP contribution in [0, 0.1) is 0 Å². The van der Waals surface area contributed by atoms with E-state index >= 15 is 0 Å². The van der Waals surface area contributed by atoms with Crippen LogP contribution in [0.15, 0.2) is 78.0 Å². The van der Waals surface area contributed by atoms with Gasteiger partial charge >= 0.3 is 0 Å². The summed E-state index contributed by atoms with van der Waals surface area (Å²) < 4.78 is 13.1. The molecule has 202 valence electrons. The van der Waals surface area contributed by atoms with E-state index in [4.69, 9.17) is 19.4 Å². The highest BCUT2D eigenvalue weighted by molar-refractivity contribution is 7.99. The van der Waals surface area contributed by atoms with Gasteiger partial charge in [0.1, 0.15) is 17.3 Å². The van der Waals surface area contributed by atoms with Crippen molar-refractivity contribution in [3.63, 3.8) is 0 Å². The Hall–Kier alpha value is -3.71. The predicted octanol–water partition coefficient (Wildman–Crippen LogP) is 8.20. The minimum Gasteiger partial charge on any atom is -0.497 e. The molecule has 0 saturated heterocycles. The van der Waals surface area contributed by atoms with Crippen molar-refractivity contribution in [1.82, 2.24) is 19.5 Å². The first-order chi connectivity index (χ1) is 19.1. The molecule has 2 aromatic heterocycles. The lowest BCUT2D eigenvalue weighted by molar-refractivity contribution is 0.414. The number of rotatable bonds is 12. The number of aromatic amines is 1. The van der Waals surface area contributed by atoms with Crippen LogP contribution in [-0.2, 0) is 6.54 Å². The average Bonchev–Trinajstić information content (AvgIpc) is 3.57. The molecule has 0 aliphatic rings. The highest BCUT2D eigenvalue weighted by atomic mass is 32.2. The number of thioether (sulfide) groups is 1. The Kier molecular flexibility index (Phi) is 8.57. The molecule has 0 unspecified atom stereocenters. The van der Waals surface area contributed by atoms with Gasteiger partial charge in [0.05, 0.1) is 36.6 Å². The van der Waals surface area contributed by atoms with Crippen molar-refractivity contribution in [3.05, 3.63) is 78.6 Å². The monoisotopic (exact) mass is 540 g/mol. The van der Waals surface area contributed by atoms with Crippen LogP contribution in [0.25, 0.3) is 33.5 Å². The molecule has 0 atom stereocenters. The summed E-state index contributed by atoms with van der Waals surface area (Å²) >= 11 is 1.78. The molecule has 0 spiro atoms. The second kappa shape index (κ2) is 12.4. The number of ether oxygens (including phenoxy) is 2. The number of nitrogens with zero attached hydrogens (tertiary/aromatic N) is 3. The molecule has 1 N–H and O–H groups in total. The van der Waals surface area contributed by atoms with Gasteiger partial charge in [0, 0.05) is 29.3 Å². The summed E-state index contributed by atoms with van der Waals surface area (Å²) in [4.78, 5) is 13.5. The zero-order valence-electron chi connectivity index (χ0n) is 23.1. The Balaban J connectivity index is 1.24. The fourth-order valence-electron chi connectivity index (χ4n) is 4.83. The molecule has 5 aromatic rings. The van der Waals surface area contributed by atoms with Crippen LogP contribution < -0.4 is 9.47 Å². The number of unbranched alkanes of at least 4 members (excludes halogenated alkanes) is 2. The van der Waals surface area contributed by atoms with E-state index < -0.39 is 0 Å². The number of methoxy groups -OCH3 is 2. The van der Waals surface area contributed by atoms with Crippen LogP contribution in [0.2, 0.25) is 0 Å². The summed E-state index contributed by atoms with van der Waals surface area (Å²) in [6, 6.07) is 24.6. The summed E-state index contributed by atoms with van der Waals surface area (Å²) in [5.41, 5.74) is 6.42. The quantitative estimate of drug-likeness (QED) is 0.128. The van der Waals surface area contributed by atoms with E-state index in [1.807, 2.05) is 24.3 Å². The van der Waals surface area contributed by atoms with Gasteiger partial charge in [-0.05, 0) is 73.5 Å². The Morgan fingerprint density at radius 1 is 0.795 bits per heavy atom. The number of aromatic nitrogens is 4. The molecule has 0 aliphatic carbocycles. The van der Waals surface area contributed by atoms with Gasteiger partial charge in [0.2, 0.25) is 0 Å². The molecule has 0 fully saturated rings. The number of para-hydroxylation sites is 2. The van der Waals surface area contributed by atoms with Crippen molar-refractivity contribution < 1.29 is 9.47 Å². The molecular weight excluding hydrogens is 504 g/mol. The van der Waals surface area contributed by atoms with Crippen LogP contribution in [0.5, 0.6) is 11.5 Å². The van der Waals surface area contributed by atoms with E-state index in [2.05, 4.69) is 71.9 Å². The fraction of sp³-hybridized carbons (Fsp3) is 0.312. The lowest BCUT2D eigenvalue weighted by Gasteiger charge is -2.11. The van der Waals surface area contributed by atoms with Gasteiger partial charge in [-0.25, -0.2) is 9.97 Å². The minimum atomic E-state index is 0.409. The van der Waals surface area contributed by atoms with Crippen molar-refractivity contribution in [1.29, 1.82) is 0 Å². The highest BCUT2D eigenvalue weighted by Gasteiger charge is 2.16. The molecule has 0 saturated carbocycles. The standard InChI is InChI=1S/C32H36N4O2S/c1-22(2)31-33-27-10-6-7-11-28(27)36(31)20-8-5-9-21-39-32-34-29(23-12-16-25(37-3)17-13-23)30(35-32)24-14-18-26(38-4)19-15-24/h6-7,10-19,22H,5,8-9,20-21H2,1-4H3,(H,34,35). The number of aryl methyl sites for hydroxylation is 1. The number of hydrogen-bond acceptors (Lipinski definition) is 5. The van der Waals surface area contributed by atoms with E-state index in [-0.39, 0.29) is 0 Å². The van der Waals surface area contributed by atoms with Gasteiger partial charge in [-0.2, -0.15) is 0 Å². The number of H-pyrrole nitrogens is 1. The first-order valence-electron chi connectivity index (χ1n) is 13.5. The summed E-state index contributed by atoms with van der Waals surface area (Å²) in [7, 11) is 3.37. The van der Waals surface area contributed by atoms with Crippen LogP contribution in [0.4, 0.5) is 0 Å². The zero-order valence-corrected chi connectivity index (χ0v) is 23.9. The Morgan fingerprint density at radius 3 is 2.13 bits per heavy atom. The van der Waals surface area contributed by atoms with Crippen molar-refractivity contribution >= 4 is 22.8 Å². The molecule has 0 bridgehead atoms. The van der Waals surface area contributed by atoms with Gasteiger partial charge < -0.3 is 19.0 Å². The first-order valence-corrected chi connectivity index (χ1v) is 14.5. The Labute approximate surface area is 234 Å². The summed E-state index contributed by atoms with van der Waals surface area (Å²) in [6.07, 6.45) is 3.42. The van der Waals surface area contributed by atoms with E-state index in [9.17, 15) is 0 Å². The number of hydrogen-bond donors (Lipinski definition) is 1. The Morgan fingerprint density at radius 2 is 1.46 bits per heavy atom. The van der Waals surface area contributed by atoms with E-state index in [1.54, 1.807) is 26.0 Å². The largest absolute Gasteiger partial charge is 0.497 e. The van der Waals surface area contributed by atoms with Crippen molar-refractivity contribution in [2.45, 2.75) is 50.7 Å². The topological polar surface area (TPSA) is 65.0 Å². The molecule has 6 nitrogen and oxygen atoms in total. The van der Waals surface area contributed by atoms with Crippen LogP contribution in [-0.4, -0.2) is 39.5 Å². The van der Waals surface area contributed by atoms with Crippen molar-refractivity contribution in [2.75, 3.05) is 20.0 Å². The van der Waals surface area contributed by atoms with E-state index in [0.29, 0.717) is 5.92 Å². The summed E-state index contributed by atoms with van der Waals surface area (Å²) in [5.74, 6) is 4.27. The lowest BCUT2D eigenvalue weighted by Crippen LogP contribution is -2.05. The van der Waals surface area contributed by atoms with Gasteiger partial charge in [0.25, 0.3) is 0 Å². The third-order valence-electron chi connectivity index (χ3n) is 6.89. The average molecular weight is 541 g/mol. The predicted molar refractivity (Wildman–Crippen MR) is 161 cm³/mol. The normalized spacial score (nSPS) is 11.4. The van der Waals surface area contributed by atoms with Crippen LogP contribution in [0.1, 0.15) is 44.9 Å². The lowest BCUT2D eigenvalue weighted by atomic mass is 10.0. The van der Waals surface area contributed by atoms with Gasteiger partial charge in [-0.1, -0.05) is 44.2 Å². The zero-order chi connectivity index (χ0) is 27.2. The van der Waals surface area contributed by atoms with Crippen molar-refractivity contribution in [2.24, 2.45) is 0 Å². The van der Waals surface area contributed by atoms with Crippen LogP contribution >= 0.6 is 11.8 Å². The Bertz CT molecular complexity index is 1440. The number of fused-ring (bicyclic) bond motifs is 1. The van der Waals surface area contributed by atoms with Gasteiger partial charge in [0.15, 0.2) is 5.16 Å². The molecule has 3 aromatic carbocycles. The smallest absolute Gasteiger partial charge is 0.166 e. The highest BCUT2D eigenvalue weighted by Crippen LogP contribution is 2.34. The molecule has 7 heteroatoms. The van der Waals surface area contributed by atoms with Gasteiger partial charge in [-0.15, -0.1) is 0 Å². The maximum Gasteiger partial charge on any atom is 0.166 e. The molecule has 39 heavy (non-hydrogen) atoms. The first kappa shape index (κ1) is 26.9. The summed E-state index contributed by atoms with van der Waals surface area (Å²) in [5, 5.41) is 0.939. The maximum atomic E-state index is 5.35. The maximum absolute atomic E-state index is 5.35. The van der Waals surface area contributed by atoms with Gasteiger partial charge in [-0.3, -0.25) is 0 Å². The number of benzene rings is 3. The molecule has 0 radical (unpaired) electrons. The molecule has 0 amide bonds. The minimum absolute atomic E-state index is 0.409.